The van der Waals surface area contributed by atoms with Gasteiger partial charge in [-0.1, -0.05) is 88.2 Å². The monoisotopic (exact) mass is 1080 g/mol. The van der Waals surface area contributed by atoms with E-state index in [4.69, 9.17) is 37.9 Å². The van der Waals surface area contributed by atoms with Crippen molar-refractivity contribution in [3.05, 3.63) is 114 Å². The summed E-state index contributed by atoms with van der Waals surface area (Å²) in [6.45, 7) is 13.3. The van der Waals surface area contributed by atoms with E-state index in [1.807, 2.05) is 68.4 Å². The van der Waals surface area contributed by atoms with Gasteiger partial charge in [0.05, 0.1) is 63.3 Å². The van der Waals surface area contributed by atoms with Gasteiger partial charge in [-0.05, 0) is 149 Å². The van der Waals surface area contributed by atoms with E-state index in [-0.39, 0.29) is 38.6 Å². The summed E-state index contributed by atoms with van der Waals surface area (Å²) in [7, 11) is 1.33. The number of hydrogen-bond donors (Lipinski definition) is 0. The highest BCUT2D eigenvalue weighted by Crippen LogP contribution is 2.32. The number of fused-ring (bicyclic) bond motifs is 1. The minimum atomic E-state index is -1.04. The number of rotatable bonds is 31. The van der Waals surface area contributed by atoms with Crippen LogP contribution in [0.1, 0.15) is 136 Å². The van der Waals surface area contributed by atoms with Crippen LogP contribution in [0, 0.1) is 16.7 Å². The van der Waals surface area contributed by atoms with Gasteiger partial charge in [0.2, 0.25) is 0 Å². The van der Waals surface area contributed by atoms with Gasteiger partial charge in [0.15, 0.2) is 0 Å². The molecule has 424 valence electrons. The summed E-state index contributed by atoms with van der Waals surface area (Å²) in [6, 6.07) is 27.7. The van der Waals surface area contributed by atoms with Gasteiger partial charge in [-0.25, -0.2) is 9.59 Å². The number of esters is 6. The third-order valence-electron chi connectivity index (χ3n) is 13.7. The summed E-state index contributed by atoms with van der Waals surface area (Å²) < 4.78 is 48.5. The molecule has 15 heteroatoms. The molecule has 4 aromatic carbocycles. The molecule has 1 saturated carbocycles. The highest BCUT2D eigenvalue weighted by Gasteiger charge is 2.37. The maximum absolute atomic E-state index is 12.9. The van der Waals surface area contributed by atoms with Crippen molar-refractivity contribution < 1.29 is 71.4 Å². The first-order chi connectivity index (χ1) is 37.6. The van der Waals surface area contributed by atoms with Crippen molar-refractivity contribution in [1.29, 1.82) is 0 Å². The summed E-state index contributed by atoms with van der Waals surface area (Å²) in [6.07, 6.45) is 16.7. The first-order valence-electron chi connectivity index (χ1n) is 27.5. The summed E-state index contributed by atoms with van der Waals surface area (Å²) in [5.74, 6) is -0.0550. The molecule has 5 rings (SSSR count). The van der Waals surface area contributed by atoms with Crippen LogP contribution >= 0.6 is 0 Å². The summed E-state index contributed by atoms with van der Waals surface area (Å²) in [5.41, 5.74) is -0.372. The molecular weight excluding hydrogens is 997 g/mol. The molecule has 4 aromatic rings. The number of methoxy groups -OCH3 is 1. The number of unbranched alkanes of at least 4 members (excludes halogenated alkanes) is 1. The second kappa shape index (κ2) is 34.7. The molecule has 0 N–H and O–H groups in total. The van der Waals surface area contributed by atoms with Crippen molar-refractivity contribution in [3.8, 4) is 17.2 Å². The van der Waals surface area contributed by atoms with E-state index in [0.29, 0.717) is 69.0 Å². The van der Waals surface area contributed by atoms with Gasteiger partial charge in [0.25, 0.3) is 0 Å². The molecule has 1 aliphatic rings. The molecule has 0 aromatic heterocycles. The molecule has 0 aliphatic heterocycles. The van der Waals surface area contributed by atoms with Crippen LogP contribution in [0.2, 0.25) is 0 Å². The van der Waals surface area contributed by atoms with Gasteiger partial charge in [-0.2, -0.15) is 0 Å². The molecule has 15 nitrogen and oxygen atoms in total. The van der Waals surface area contributed by atoms with Crippen molar-refractivity contribution in [2.24, 2.45) is 16.7 Å². The highest BCUT2D eigenvalue weighted by atomic mass is 16.6. The lowest BCUT2D eigenvalue weighted by molar-refractivity contribution is -0.162. The lowest BCUT2D eigenvalue weighted by atomic mass is 9.84. The van der Waals surface area contributed by atoms with Gasteiger partial charge >= 0.3 is 35.8 Å². The zero-order valence-corrected chi connectivity index (χ0v) is 46.9. The zero-order chi connectivity index (χ0) is 56.6. The fraction of sp³-hybridized carbons (Fsp3) is 0.492. The smallest absolute Gasteiger partial charge is 0.330 e. The Bertz CT molecular complexity index is 2530. The zero-order valence-electron chi connectivity index (χ0n) is 46.9. The van der Waals surface area contributed by atoms with Crippen molar-refractivity contribution in [2.45, 2.75) is 131 Å². The Morgan fingerprint density at radius 3 is 1.71 bits per heavy atom. The quantitative estimate of drug-likeness (QED) is 0.0152. The number of carbonyl (C=O) groups excluding carboxylic acids is 6. The molecule has 2 atom stereocenters. The predicted molar refractivity (Wildman–Crippen MR) is 300 cm³/mol. The molecular formula is C63H82O15. The second-order valence-electron chi connectivity index (χ2n) is 19.8. The lowest BCUT2D eigenvalue weighted by Gasteiger charge is -2.28. The van der Waals surface area contributed by atoms with Crippen molar-refractivity contribution in [1.82, 2.24) is 0 Å². The third-order valence-corrected chi connectivity index (χ3v) is 13.7. The minimum Gasteiger partial charge on any atom is -0.493 e. The first-order valence-corrected chi connectivity index (χ1v) is 27.5. The van der Waals surface area contributed by atoms with Crippen LogP contribution < -0.4 is 14.2 Å². The van der Waals surface area contributed by atoms with E-state index in [0.717, 1.165) is 53.5 Å². The SMILES string of the molecule is CCCC1CCC(OCCCCOC(=O)CC(C)(CC)C(=O)OCCCOc2ccc(/C=C/C(=O)OC)cc2)CC1.CCOC(=O)/C=C/c1ccc(OC(=O)C(C)(CC)CC(=O)OCCOc2ccc3ccccc3c2)cc1. The van der Waals surface area contributed by atoms with E-state index >= 15 is 0 Å². The van der Waals surface area contributed by atoms with Gasteiger partial charge in [0.1, 0.15) is 30.5 Å². The van der Waals surface area contributed by atoms with E-state index in [1.165, 1.54) is 44.9 Å². The van der Waals surface area contributed by atoms with Crippen LogP contribution in [0.25, 0.3) is 22.9 Å². The fourth-order valence-corrected chi connectivity index (χ4v) is 8.36. The topological polar surface area (TPSA) is 185 Å². The van der Waals surface area contributed by atoms with Gasteiger partial charge in [-0.15, -0.1) is 0 Å². The van der Waals surface area contributed by atoms with Crippen LogP contribution in [0.5, 0.6) is 17.2 Å². The van der Waals surface area contributed by atoms with Gasteiger partial charge < -0.3 is 42.6 Å². The lowest BCUT2D eigenvalue weighted by Crippen LogP contribution is -2.34. The standard InChI is InChI=1S/C33H50O8.C30H32O7/c1-5-10-26-11-16-28(17-12-26)38-21-7-8-22-40-31(35)25-33(3,6-2)32(36)41-24-9-23-39-29-18-13-27(14-19-29)15-20-30(34)37-4;1-4-30(3,29(33)37-25-14-10-22(11-15-25)12-17-27(31)34-5-2)21-28(32)36-19-18-35-26-16-13-23-8-6-7-9-24(23)20-26/h13-15,18-20,26,28H,5-12,16-17,21-25H2,1-4H3;6-17,20H,4-5,18-19,21H2,1-3H3/b20-15+;17-12+. The minimum absolute atomic E-state index is 0.00684. The molecule has 1 aliphatic carbocycles. The van der Waals surface area contributed by atoms with Gasteiger partial charge in [0, 0.05) is 25.2 Å². The maximum Gasteiger partial charge on any atom is 0.330 e. The molecule has 0 bridgehead atoms. The normalized spacial score (nSPS) is 15.7. The van der Waals surface area contributed by atoms with E-state index in [9.17, 15) is 28.8 Å². The average molecular weight is 1080 g/mol. The molecule has 0 amide bonds. The number of benzene rings is 4. The van der Waals surface area contributed by atoms with E-state index < -0.39 is 40.7 Å². The Morgan fingerprint density at radius 1 is 0.538 bits per heavy atom. The van der Waals surface area contributed by atoms with E-state index in [2.05, 4.69) is 11.7 Å². The highest BCUT2D eigenvalue weighted by molar-refractivity contribution is 5.88. The number of hydrogen-bond acceptors (Lipinski definition) is 15. The number of ether oxygens (including phenoxy) is 9. The second-order valence-corrected chi connectivity index (χ2v) is 19.8. The van der Waals surface area contributed by atoms with Crippen molar-refractivity contribution >= 4 is 58.7 Å². The van der Waals surface area contributed by atoms with Gasteiger partial charge in [-0.3, -0.25) is 19.2 Å². The van der Waals surface area contributed by atoms with E-state index in [1.54, 1.807) is 69.3 Å². The van der Waals surface area contributed by atoms with Crippen LogP contribution in [-0.2, 0) is 57.2 Å². The van der Waals surface area contributed by atoms with Crippen LogP contribution in [-0.4, -0.2) is 95.3 Å². The Hall–Kier alpha value is -7.00. The molecule has 0 heterocycles. The molecule has 78 heavy (non-hydrogen) atoms. The molecule has 0 saturated heterocycles. The molecule has 0 spiro atoms. The average Bonchev–Trinajstić information content (AvgIpc) is 3.47. The maximum atomic E-state index is 12.9. The number of carbonyl (C=O) groups is 6. The Morgan fingerprint density at radius 2 is 1.09 bits per heavy atom. The molecule has 2 unspecified atom stereocenters. The van der Waals surface area contributed by atoms with Crippen LogP contribution in [0.4, 0.5) is 0 Å². The summed E-state index contributed by atoms with van der Waals surface area (Å²) in [5, 5.41) is 2.19. The molecule has 0 radical (unpaired) electrons. The predicted octanol–water partition coefficient (Wildman–Crippen LogP) is 12.4. The van der Waals surface area contributed by atoms with Crippen LogP contribution in [0.3, 0.4) is 0 Å². The van der Waals surface area contributed by atoms with Crippen LogP contribution in [0.15, 0.2) is 103 Å². The van der Waals surface area contributed by atoms with Crippen molar-refractivity contribution in [2.75, 3.05) is 53.4 Å². The van der Waals surface area contributed by atoms with Crippen molar-refractivity contribution in [3.63, 3.8) is 0 Å². The first kappa shape index (κ1) is 63.5. The largest absolute Gasteiger partial charge is 0.493 e. The Labute approximate surface area is 461 Å². The Kier molecular flexibility index (Phi) is 28.3. The fourth-order valence-electron chi connectivity index (χ4n) is 8.36. The summed E-state index contributed by atoms with van der Waals surface area (Å²) >= 11 is 0. The Balaban J connectivity index is 0.000000338. The molecule has 1 fully saturated rings. The summed E-state index contributed by atoms with van der Waals surface area (Å²) in [4.78, 5) is 73.1. The third kappa shape index (κ3) is 23.3.